The van der Waals surface area contributed by atoms with Crippen LogP contribution >= 0.6 is 0 Å². The SMILES string of the molecule is O=C(Nc1ccc(/C=C/c2ccc(NC(=O)c3cc(S(=O)(=O)O)c4ccncc4c3O)cc2S(=O)(=O)[O-])c(S(=O)(=O)[O-])c1)c1cc(S(=O)(=O)[O-])c2ccncc2c1O. The van der Waals surface area contributed by atoms with Crippen LogP contribution in [0.25, 0.3) is 33.7 Å². The normalized spacial score (nSPS) is 12.6. The van der Waals surface area contributed by atoms with Crippen LogP contribution in [0.3, 0.4) is 0 Å². The lowest BCUT2D eigenvalue weighted by Crippen LogP contribution is -2.14. The zero-order valence-corrected chi connectivity index (χ0v) is 31.7. The predicted octanol–water partition coefficient (Wildman–Crippen LogP) is 2.83. The van der Waals surface area contributed by atoms with Crippen LogP contribution in [0.4, 0.5) is 11.4 Å². The molecule has 0 saturated heterocycles. The van der Waals surface area contributed by atoms with Crippen LogP contribution in [0.1, 0.15) is 31.8 Å². The van der Waals surface area contributed by atoms with Crippen LogP contribution in [-0.4, -0.2) is 83.9 Å². The molecule has 0 fully saturated rings. The topological polar surface area (TPSA) is 350 Å². The summed E-state index contributed by atoms with van der Waals surface area (Å²) in [7, 11) is -20.9. The number of fused-ring (bicyclic) bond motifs is 2. The van der Waals surface area contributed by atoms with Crippen LogP contribution in [0, 0.1) is 0 Å². The number of benzene rings is 4. The molecule has 0 aliphatic rings. The van der Waals surface area contributed by atoms with Gasteiger partial charge in [-0.3, -0.25) is 24.1 Å². The fraction of sp³-hybridized carbons (Fsp3) is 0. The standard InChI is InChI=1S/C34H24N4O16S4/c39-31-23(13-29(57(49,50)51)21-7-9-35-15-25(21)31)33(41)37-19-5-3-17(27(11-19)55(43,44)45)1-2-18-4-6-20(12-28(18)56(46,47)48)38-34(42)24-14-30(58(52,53)54)22-8-10-36-16-26(22)32(24)40/h1-16,39-40H,(H,37,41)(H,38,42)(H,43,44,45)(H,46,47,48)(H,49,50,51)(H,52,53,54)/p-3/b2-1+. The molecule has 2 amide bonds. The fourth-order valence-electron chi connectivity index (χ4n) is 5.72. The molecule has 2 heterocycles. The van der Waals surface area contributed by atoms with Gasteiger partial charge in [0.2, 0.25) is 0 Å². The van der Waals surface area contributed by atoms with Crippen molar-refractivity contribution >= 4 is 97.4 Å². The van der Waals surface area contributed by atoms with Crippen LogP contribution in [0.15, 0.2) is 105 Å². The van der Waals surface area contributed by atoms with E-state index in [2.05, 4.69) is 20.6 Å². The number of hydrogen-bond donors (Lipinski definition) is 5. The van der Waals surface area contributed by atoms with Gasteiger partial charge in [0.15, 0.2) is 0 Å². The molecule has 300 valence electrons. The van der Waals surface area contributed by atoms with E-state index >= 15 is 0 Å². The van der Waals surface area contributed by atoms with Crippen molar-refractivity contribution in [1.82, 2.24) is 9.97 Å². The number of hydrogen-bond acceptors (Lipinski definition) is 17. The summed E-state index contributed by atoms with van der Waals surface area (Å²) in [5.74, 6) is -4.00. The number of aromatic hydroxyl groups is 2. The van der Waals surface area contributed by atoms with Crippen molar-refractivity contribution in [2.45, 2.75) is 19.6 Å². The van der Waals surface area contributed by atoms with E-state index in [0.717, 1.165) is 73.3 Å². The quantitative estimate of drug-likeness (QED) is 0.0975. The molecule has 0 saturated carbocycles. The lowest BCUT2D eigenvalue weighted by Gasteiger charge is -2.16. The Morgan fingerprint density at radius 1 is 0.534 bits per heavy atom. The first-order valence-electron chi connectivity index (χ1n) is 15.6. The Bertz CT molecular complexity index is 3030. The highest BCUT2D eigenvalue weighted by Crippen LogP contribution is 2.36. The van der Waals surface area contributed by atoms with E-state index in [1.165, 1.54) is 0 Å². The first kappa shape index (κ1) is 41.3. The number of nitrogens with one attached hydrogen (secondary N) is 2. The second-order valence-electron chi connectivity index (χ2n) is 12.0. The Labute approximate surface area is 327 Å². The monoisotopic (exact) mass is 869 g/mol. The van der Waals surface area contributed by atoms with E-state index in [1.54, 1.807) is 0 Å². The molecule has 58 heavy (non-hydrogen) atoms. The van der Waals surface area contributed by atoms with E-state index in [1.807, 2.05) is 0 Å². The Balaban J connectivity index is 1.32. The first-order chi connectivity index (χ1) is 26.9. The molecule has 4 aromatic carbocycles. The number of amides is 2. The van der Waals surface area contributed by atoms with Crippen LogP contribution in [0.5, 0.6) is 11.5 Å². The van der Waals surface area contributed by atoms with E-state index in [9.17, 15) is 71.7 Å². The van der Waals surface area contributed by atoms with Gasteiger partial charge in [-0.25, -0.2) is 25.3 Å². The molecule has 6 aromatic rings. The van der Waals surface area contributed by atoms with Crippen LogP contribution in [-0.2, 0) is 40.5 Å². The van der Waals surface area contributed by atoms with Crippen molar-refractivity contribution in [2.24, 2.45) is 0 Å². The van der Waals surface area contributed by atoms with Crippen molar-refractivity contribution in [1.29, 1.82) is 0 Å². The summed E-state index contributed by atoms with van der Waals surface area (Å²) in [6.07, 6.45) is 6.16. The molecule has 6 rings (SSSR count). The molecular formula is C34H21N4O16S4-3. The number of phenolic OH excluding ortho intramolecular Hbond substituents is 2. The Morgan fingerprint density at radius 3 is 1.29 bits per heavy atom. The number of pyridine rings is 2. The molecule has 0 aliphatic heterocycles. The fourth-order valence-corrected chi connectivity index (χ4v) is 8.54. The van der Waals surface area contributed by atoms with Gasteiger partial charge in [0.1, 0.15) is 46.7 Å². The van der Waals surface area contributed by atoms with Crippen molar-refractivity contribution in [3.8, 4) is 11.5 Å². The lowest BCUT2D eigenvalue weighted by molar-refractivity contribution is 0.101. The molecule has 0 bridgehead atoms. The number of aromatic nitrogens is 2. The van der Waals surface area contributed by atoms with E-state index in [4.69, 9.17) is 0 Å². The molecule has 0 unspecified atom stereocenters. The average molecular weight is 870 g/mol. The number of carbonyl (C=O) groups excluding carboxylic acids is 2. The van der Waals surface area contributed by atoms with Crippen LogP contribution < -0.4 is 10.6 Å². The Morgan fingerprint density at radius 2 is 0.914 bits per heavy atom. The second-order valence-corrected chi connectivity index (χ2v) is 17.4. The highest BCUT2D eigenvalue weighted by Gasteiger charge is 2.24. The maximum Gasteiger partial charge on any atom is 0.295 e. The van der Waals surface area contributed by atoms with Gasteiger partial charge in [0.05, 0.1) is 25.8 Å². The molecule has 5 N–H and O–H groups in total. The zero-order valence-electron chi connectivity index (χ0n) is 28.4. The maximum absolute atomic E-state index is 13.2. The number of carbonyl (C=O) groups is 2. The number of phenols is 2. The number of nitrogens with zero attached hydrogens (tertiary/aromatic N) is 2. The molecule has 0 atom stereocenters. The maximum atomic E-state index is 13.2. The minimum absolute atomic E-state index is 0.177. The summed E-state index contributed by atoms with van der Waals surface area (Å²) in [5.41, 5.74) is -2.96. The molecule has 0 aliphatic carbocycles. The second kappa shape index (κ2) is 14.8. The summed E-state index contributed by atoms with van der Waals surface area (Å²) < 4.78 is 143. The third-order valence-electron chi connectivity index (χ3n) is 8.30. The van der Waals surface area contributed by atoms with Gasteiger partial charge in [0, 0.05) is 57.7 Å². The van der Waals surface area contributed by atoms with Gasteiger partial charge in [-0.05, 0) is 59.7 Å². The minimum Gasteiger partial charge on any atom is -0.744 e. The zero-order chi connectivity index (χ0) is 42.5. The van der Waals surface area contributed by atoms with E-state index in [-0.39, 0.29) is 32.9 Å². The van der Waals surface area contributed by atoms with Gasteiger partial charge in [-0.15, -0.1) is 0 Å². The summed E-state index contributed by atoms with van der Waals surface area (Å²) in [4.78, 5) is 30.2. The average Bonchev–Trinajstić information content (AvgIpc) is 3.13. The van der Waals surface area contributed by atoms with Gasteiger partial charge in [0.25, 0.3) is 21.9 Å². The lowest BCUT2D eigenvalue weighted by atomic mass is 10.1. The van der Waals surface area contributed by atoms with Crippen molar-refractivity contribution in [2.75, 3.05) is 10.6 Å². The Hall–Kier alpha value is -6.38. The van der Waals surface area contributed by atoms with Gasteiger partial charge in [-0.1, -0.05) is 24.3 Å². The highest BCUT2D eigenvalue weighted by molar-refractivity contribution is 7.86. The smallest absolute Gasteiger partial charge is 0.295 e. The van der Waals surface area contributed by atoms with Gasteiger partial charge in [-0.2, -0.15) is 8.42 Å². The summed E-state index contributed by atoms with van der Waals surface area (Å²) in [6, 6.07) is 9.01. The van der Waals surface area contributed by atoms with E-state index < -0.39 is 106 Å². The summed E-state index contributed by atoms with van der Waals surface area (Å²) in [6.45, 7) is 0. The molecule has 20 nitrogen and oxygen atoms in total. The third-order valence-corrected chi connectivity index (χ3v) is 11.9. The van der Waals surface area contributed by atoms with Crippen molar-refractivity contribution in [3.05, 3.63) is 108 Å². The summed E-state index contributed by atoms with van der Waals surface area (Å²) >= 11 is 0. The molecule has 2 aromatic heterocycles. The summed E-state index contributed by atoms with van der Waals surface area (Å²) in [5, 5.41) is 24.8. The minimum atomic E-state index is -5.37. The predicted molar refractivity (Wildman–Crippen MR) is 198 cm³/mol. The van der Waals surface area contributed by atoms with E-state index in [0.29, 0.717) is 24.3 Å². The van der Waals surface area contributed by atoms with Crippen molar-refractivity contribution < 1.29 is 71.7 Å². The molecule has 0 radical (unpaired) electrons. The van der Waals surface area contributed by atoms with Gasteiger partial charge < -0.3 is 34.5 Å². The molecule has 0 spiro atoms. The first-order valence-corrected chi connectivity index (χ1v) is 21.2. The third kappa shape index (κ3) is 8.34. The van der Waals surface area contributed by atoms with Crippen LogP contribution in [0.2, 0.25) is 0 Å². The number of anilines is 2. The number of rotatable bonds is 10. The molecule has 24 heteroatoms. The van der Waals surface area contributed by atoms with Crippen molar-refractivity contribution in [3.63, 3.8) is 0 Å². The molecular weight excluding hydrogens is 849 g/mol. The van der Waals surface area contributed by atoms with Gasteiger partial charge >= 0.3 is 0 Å². The Kier molecular flexibility index (Phi) is 10.6. The largest absolute Gasteiger partial charge is 0.744 e. The highest BCUT2D eigenvalue weighted by atomic mass is 32.2.